The molecule has 0 saturated carbocycles. The SMILES string of the molecule is O=C(c1ccnc(F)c1)N1CCc2ncnc(-c3cccnc3)c2CC1. The van der Waals surface area contributed by atoms with Gasteiger partial charge in [0, 0.05) is 66.6 Å². The van der Waals surface area contributed by atoms with Crippen LogP contribution in [0.15, 0.2) is 49.2 Å². The van der Waals surface area contributed by atoms with Crippen LogP contribution in [0.1, 0.15) is 21.6 Å². The summed E-state index contributed by atoms with van der Waals surface area (Å²) in [7, 11) is 0. The normalized spacial score (nSPS) is 13.8. The molecule has 4 rings (SSSR count). The van der Waals surface area contributed by atoms with E-state index < -0.39 is 5.95 Å². The van der Waals surface area contributed by atoms with Gasteiger partial charge in [0.25, 0.3) is 5.91 Å². The lowest BCUT2D eigenvalue weighted by molar-refractivity contribution is 0.0762. The van der Waals surface area contributed by atoms with Crippen molar-refractivity contribution in [1.82, 2.24) is 24.8 Å². The van der Waals surface area contributed by atoms with E-state index in [2.05, 4.69) is 19.9 Å². The van der Waals surface area contributed by atoms with Crippen LogP contribution in [-0.4, -0.2) is 43.8 Å². The Labute approximate surface area is 149 Å². The lowest BCUT2D eigenvalue weighted by atomic mass is 10.0. The van der Waals surface area contributed by atoms with Gasteiger partial charge in [-0.2, -0.15) is 4.39 Å². The molecule has 1 aliphatic rings. The lowest BCUT2D eigenvalue weighted by Gasteiger charge is -2.20. The zero-order valence-corrected chi connectivity index (χ0v) is 14.0. The maximum atomic E-state index is 13.3. The highest BCUT2D eigenvalue weighted by molar-refractivity contribution is 5.94. The number of carbonyl (C=O) groups is 1. The lowest BCUT2D eigenvalue weighted by Crippen LogP contribution is -2.33. The third-order valence-corrected chi connectivity index (χ3v) is 4.48. The summed E-state index contributed by atoms with van der Waals surface area (Å²) in [6, 6.07) is 6.53. The second-order valence-corrected chi connectivity index (χ2v) is 6.05. The number of hydrogen-bond acceptors (Lipinski definition) is 5. The van der Waals surface area contributed by atoms with E-state index in [0.717, 1.165) is 22.5 Å². The molecule has 0 fully saturated rings. The van der Waals surface area contributed by atoms with Gasteiger partial charge in [-0.3, -0.25) is 9.78 Å². The molecule has 0 unspecified atom stereocenters. The van der Waals surface area contributed by atoms with E-state index in [1.54, 1.807) is 23.6 Å². The maximum absolute atomic E-state index is 13.3. The molecule has 1 aliphatic heterocycles. The number of aromatic nitrogens is 4. The van der Waals surface area contributed by atoms with Crippen LogP contribution < -0.4 is 0 Å². The second kappa shape index (κ2) is 6.95. The van der Waals surface area contributed by atoms with Crippen LogP contribution in [0.5, 0.6) is 0 Å². The average Bonchev–Trinajstić information content (AvgIpc) is 2.91. The number of carbonyl (C=O) groups excluding carboxylic acids is 1. The smallest absolute Gasteiger partial charge is 0.254 e. The number of hydrogen-bond donors (Lipinski definition) is 0. The molecule has 0 aromatic carbocycles. The molecule has 0 aliphatic carbocycles. The summed E-state index contributed by atoms with van der Waals surface area (Å²) in [5.74, 6) is -0.853. The molecule has 0 spiro atoms. The van der Waals surface area contributed by atoms with Crippen LogP contribution in [0.3, 0.4) is 0 Å². The first-order valence-corrected chi connectivity index (χ1v) is 8.36. The highest BCUT2D eigenvalue weighted by Gasteiger charge is 2.23. The van der Waals surface area contributed by atoms with Crippen molar-refractivity contribution in [3.05, 3.63) is 72.0 Å². The molecule has 26 heavy (non-hydrogen) atoms. The third-order valence-electron chi connectivity index (χ3n) is 4.48. The van der Waals surface area contributed by atoms with Crippen LogP contribution >= 0.6 is 0 Å². The number of pyridine rings is 2. The average molecular weight is 349 g/mol. The monoisotopic (exact) mass is 349 g/mol. The molecule has 0 saturated heterocycles. The summed E-state index contributed by atoms with van der Waals surface area (Å²) in [6.07, 6.45) is 7.62. The Balaban J connectivity index is 1.61. The van der Waals surface area contributed by atoms with Gasteiger partial charge < -0.3 is 4.90 Å². The summed E-state index contributed by atoms with van der Waals surface area (Å²) in [5, 5.41) is 0. The van der Waals surface area contributed by atoms with Gasteiger partial charge in [0.05, 0.1) is 5.69 Å². The molecule has 1 amide bonds. The molecule has 0 radical (unpaired) electrons. The Morgan fingerprint density at radius 3 is 2.77 bits per heavy atom. The third kappa shape index (κ3) is 3.15. The molecule has 6 nitrogen and oxygen atoms in total. The molecule has 3 aromatic rings. The summed E-state index contributed by atoms with van der Waals surface area (Å²) in [4.78, 5) is 30.9. The summed E-state index contributed by atoms with van der Waals surface area (Å²) in [5.41, 5.74) is 4.07. The van der Waals surface area contributed by atoms with Gasteiger partial charge in [0.15, 0.2) is 0 Å². The minimum absolute atomic E-state index is 0.199. The standard InChI is InChI=1S/C19H16FN5O/c20-17-10-13(3-7-22-17)19(26)25-8-4-15-16(5-9-25)23-12-24-18(15)14-2-1-6-21-11-14/h1-3,6-7,10-12H,4-5,8-9H2. The van der Waals surface area contributed by atoms with Gasteiger partial charge >= 0.3 is 0 Å². The van der Waals surface area contributed by atoms with Crippen molar-refractivity contribution >= 4 is 5.91 Å². The van der Waals surface area contributed by atoms with Crippen molar-refractivity contribution < 1.29 is 9.18 Å². The van der Waals surface area contributed by atoms with Crippen LogP contribution in [0.4, 0.5) is 4.39 Å². The van der Waals surface area contributed by atoms with Gasteiger partial charge in [-0.25, -0.2) is 15.0 Å². The van der Waals surface area contributed by atoms with Crippen LogP contribution in [-0.2, 0) is 12.8 Å². The van der Waals surface area contributed by atoms with Gasteiger partial charge in [0.1, 0.15) is 6.33 Å². The molecule has 4 heterocycles. The Kier molecular flexibility index (Phi) is 4.35. The zero-order chi connectivity index (χ0) is 17.9. The molecule has 0 N–H and O–H groups in total. The Bertz CT molecular complexity index is 948. The van der Waals surface area contributed by atoms with E-state index in [0.29, 0.717) is 31.5 Å². The molecule has 7 heteroatoms. The van der Waals surface area contributed by atoms with Gasteiger partial charge in [-0.15, -0.1) is 0 Å². The molecular formula is C19H16FN5O. The first-order chi connectivity index (χ1) is 12.7. The van der Waals surface area contributed by atoms with Crippen molar-refractivity contribution in [1.29, 1.82) is 0 Å². The van der Waals surface area contributed by atoms with Crippen molar-refractivity contribution in [3.8, 4) is 11.3 Å². The van der Waals surface area contributed by atoms with E-state index in [-0.39, 0.29) is 5.91 Å². The molecule has 3 aromatic heterocycles. The predicted molar refractivity (Wildman–Crippen MR) is 92.8 cm³/mol. The van der Waals surface area contributed by atoms with Crippen molar-refractivity contribution in [3.63, 3.8) is 0 Å². The van der Waals surface area contributed by atoms with E-state index in [1.807, 2.05) is 12.1 Å². The van der Waals surface area contributed by atoms with Crippen molar-refractivity contribution in [2.75, 3.05) is 13.1 Å². The molecule has 0 atom stereocenters. The first kappa shape index (κ1) is 16.3. The van der Waals surface area contributed by atoms with Gasteiger partial charge in [0.2, 0.25) is 5.95 Å². The van der Waals surface area contributed by atoms with E-state index >= 15 is 0 Å². The zero-order valence-electron chi connectivity index (χ0n) is 14.0. The largest absolute Gasteiger partial charge is 0.338 e. The fourth-order valence-electron chi connectivity index (χ4n) is 3.20. The van der Waals surface area contributed by atoms with Crippen molar-refractivity contribution in [2.24, 2.45) is 0 Å². The van der Waals surface area contributed by atoms with Crippen LogP contribution in [0.25, 0.3) is 11.3 Å². The topological polar surface area (TPSA) is 71.9 Å². The first-order valence-electron chi connectivity index (χ1n) is 8.36. The number of nitrogens with zero attached hydrogens (tertiary/aromatic N) is 5. The fourth-order valence-corrected chi connectivity index (χ4v) is 3.20. The van der Waals surface area contributed by atoms with E-state index in [4.69, 9.17) is 0 Å². The second-order valence-electron chi connectivity index (χ2n) is 6.05. The van der Waals surface area contributed by atoms with Gasteiger partial charge in [-0.1, -0.05) is 0 Å². The number of halogens is 1. The summed E-state index contributed by atoms with van der Waals surface area (Å²) in [6.45, 7) is 1.05. The van der Waals surface area contributed by atoms with Gasteiger partial charge in [-0.05, 0) is 24.6 Å². The molecular weight excluding hydrogens is 333 g/mol. The van der Waals surface area contributed by atoms with Crippen LogP contribution in [0.2, 0.25) is 0 Å². The minimum atomic E-state index is -0.654. The van der Waals surface area contributed by atoms with E-state index in [1.165, 1.54) is 18.3 Å². The number of rotatable bonds is 2. The Morgan fingerprint density at radius 1 is 1.08 bits per heavy atom. The quantitative estimate of drug-likeness (QED) is 0.664. The summed E-state index contributed by atoms with van der Waals surface area (Å²) < 4.78 is 13.3. The molecule has 0 bridgehead atoms. The highest BCUT2D eigenvalue weighted by atomic mass is 19.1. The maximum Gasteiger partial charge on any atom is 0.254 e. The highest BCUT2D eigenvalue weighted by Crippen LogP contribution is 2.25. The minimum Gasteiger partial charge on any atom is -0.338 e. The van der Waals surface area contributed by atoms with Crippen LogP contribution in [0, 0.1) is 5.95 Å². The predicted octanol–water partition coefficient (Wildman–Crippen LogP) is 2.31. The number of amides is 1. The fraction of sp³-hybridized carbons (Fsp3) is 0.211. The Morgan fingerprint density at radius 2 is 1.96 bits per heavy atom. The summed E-state index contributed by atoms with van der Waals surface area (Å²) >= 11 is 0. The van der Waals surface area contributed by atoms with Crippen molar-refractivity contribution in [2.45, 2.75) is 12.8 Å². The van der Waals surface area contributed by atoms with E-state index in [9.17, 15) is 9.18 Å². The molecule has 130 valence electrons. The number of fused-ring (bicyclic) bond motifs is 1. The Hall–Kier alpha value is -3.22.